The number of fused-ring (bicyclic) bond motifs is 1. The van der Waals surface area contributed by atoms with Crippen molar-refractivity contribution >= 4 is 5.97 Å². The van der Waals surface area contributed by atoms with Gasteiger partial charge in [-0.1, -0.05) is 23.8 Å². The average molecular weight is 245 g/mol. The van der Waals surface area contributed by atoms with E-state index in [4.69, 9.17) is 0 Å². The zero-order chi connectivity index (χ0) is 12.7. The molecule has 0 radical (unpaired) electrons. The Morgan fingerprint density at radius 3 is 2.83 bits per heavy atom. The van der Waals surface area contributed by atoms with Crippen LogP contribution in [-0.4, -0.2) is 17.1 Å². The normalized spacial score (nSPS) is 23.7. The van der Waals surface area contributed by atoms with Gasteiger partial charge in [-0.3, -0.25) is 10.1 Å². The maximum Gasteiger partial charge on any atom is 0.320 e. The zero-order valence-electron chi connectivity index (χ0n) is 10.6. The van der Waals surface area contributed by atoms with Gasteiger partial charge in [0.05, 0.1) is 0 Å². The second kappa shape index (κ2) is 4.39. The standard InChI is InChI=1S/C15H19NO2/c1-9-2-3-10-6-7-13(12(10)8-9)16-14(15(17)18)11-4-5-11/h2-3,8,11,13-14,16H,4-7H2,1H3,(H,17,18). The van der Waals surface area contributed by atoms with Crippen LogP contribution in [-0.2, 0) is 11.2 Å². The minimum atomic E-state index is -0.696. The van der Waals surface area contributed by atoms with Crippen LogP contribution in [0.25, 0.3) is 0 Å². The smallest absolute Gasteiger partial charge is 0.320 e. The molecular formula is C15H19NO2. The van der Waals surface area contributed by atoms with Crippen molar-refractivity contribution < 1.29 is 9.90 Å². The Labute approximate surface area is 107 Å². The number of benzene rings is 1. The highest BCUT2D eigenvalue weighted by atomic mass is 16.4. The fraction of sp³-hybridized carbons (Fsp3) is 0.533. The minimum Gasteiger partial charge on any atom is -0.480 e. The monoisotopic (exact) mass is 245 g/mol. The molecule has 18 heavy (non-hydrogen) atoms. The first kappa shape index (κ1) is 11.7. The molecule has 1 aromatic carbocycles. The van der Waals surface area contributed by atoms with E-state index in [0.29, 0.717) is 5.92 Å². The number of carboxylic acids is 1. The van der Waals surface area contributed by atoms with Crippen LogP contribution >= 0.6 is 0 Å². The molecule has 2 aliphatic carbocycles. The topological polar surface area (TPSA) is 49.3 Å². The van der Waals surface area contributed by atoms with Crippen LogP contribution in [0.1, 0.15) is 42.0 Å². The van der Waals surface area contributed by atoms with Gasteiger partial charge in [0, 0.05) is 6.04 Å². The Balaban J connectivity index is 1.79. The number of carbonyl (C=O) groups is 1. The molecule has 96 valence electrons. The lowest BCUT2D eigenvalue weighted by molar-refractivity contribution is -0.140. The molecule has 0 bridgehead atoms. The molecule has 0 aromatic heterocycles. The maximum absolute atomic E-state index is 11.3. The quantitative estimate of drug-likeness (QED) is 0.856. The molecular weight excluding hydrogens is 226 g/mol. The summed E-state index contributed by atoms with van der Waals surface area (Å²) < 4.78 is 0. The molecule has 1 fully saturated rings. The van der Waals surface area contributed by atoms with Crippen molar-refractivity contribution in [1.29, 1.82) is 0 Å². The average Bonchev–Trinajstić information content (AvgIpc) is 3.08. The highest BCUT2D eigenvalue weighted by molar-refractivity contribution is 5.74. The fourth-order valence-corrected chi connectivity index (χ4v) is 2.95. The lowest BCUT2D eigenvalue weighted by atomic mass is 10.0. The van der Waals surface area contributed by atoms with Crippen LogP contribution in [0.3, 0.4) is 0 Å². The summed E-state index contributed by atoms with van der Waals surface area (Å²) >= 11 is 0. The number of aliphatic carboxylic acids is 1. The summed E-state index contributed by atoms with van der Waals surface area (Å²) in [5.41, 5.74) is 3.93. The molecule has 0 spiro atoms. The molecule has 1 aromatic rings. The summed E-state index contributed by atoms with van der Waals surface area (Å²) in [5.74, 6) is -0.352. The number of carboxylic acid groups (broad SMARTS) is 1. The van der Waals surface area contributed by atoms with E-state index in [2.05, 4.69) is 30.4 Å². The van der Waals surface area contributed by atoms with Gasteiger partial charge in [0.1, 0.15) is 6.04 Å². The summed E-state index contributed by atoms with van der Waals surface area (Å²) in [5, 5.41) is 12.6. The molecule has 2 unspecified atom stereocenters. The number of hydrogen-bond acceptors (Lipinski definition) is 2. The Morgan fingerprint density at radius 2 is 2.17 bits per heavy atom. The van der Waals surface area contributed by atoms with Crippen molar-refractivity contribution in [3.8, 4) is 0 Å². The molecule has 3 nitrogen and oxygen atoms in total. The van der Waals surface area contributed by atoms with E-state index in [1.807, 2.05) is 0 Å². The molecule has 3 rings (SSSR count). The van der Waals surface area contributed by atoms with Crippen molar-refractivity contribution in [2.75, 3.05) is 0 Å². The molecule has 2 atom stereocenters. The van der Waals surface area contributed by atoms with Gasteiger partial charge in [-0.15, -0.1) is 0 Å². The van der Waals surface area contributed by atoms with Gasteiger partial charge in [-0.2, -0.15) is 0 Å². The predicted molar refractivity (Wildman–Crippen MR) is 69.5 cm³/mol. The molecule has 2 N–H and O–H groups in total. The van der Waals surface area contributed by atoms with E-state index in [-0.39, 0.29) is 12.1 Å². The van der Waals surface area contributed by atoms with Crippen LogP contribution in [0.2, 0.25) is 0 Å². The van der Waals surface area contributed by atoms with Gasteiger partial charge in [-0.25, -0.2) is 0 Å². The summed E-state index contributed by atoms with van der Waals surface area (Å²) in [6, 6.07) is 6.38. The molecule has 0 saturated heterocycles. The zero-order valence-corrected chi connectivity index (χ0v) is 10.6. The van der Waals surface area contributed by atoms with Gasteiger partial charge in [0.15, 0.2) is 0 Å². The van der Waals surface area contributed by atoms with Crippen LogP contribution in [0.4, 0.5) is 0 Å². The number of aryl methyl sites for hydroxylation is 2. The maximum atomic E-state index is 11.3. The number of nitrogens with one attached hydrogen (secondary N) is 1. The van der Waals surface area contributed by atoms with E-state index in [0.717, 1.165) is 25.7 Å². The van der Waals surface area contributed by atoms with Gasteiger partial charge in [0.25, 0.3) is 0 Å². The first-order valence-corrected chi connectivity index (χ1v) is 6.73. The third-order valence-corrected chi connectivity index (χ3v) is 4.12. The van der Waals surface area contributed by atoms with Gasteiger partial charge in [0.2, 0.25) is 0 Å². The molecule has 2 aliphatic rings. The van der Waals surface area contributed by atoms with E-state index in [1.165, 1.54) is 16.7 Å². The Bertz CT molecular complexity index is 479. The molecule has 1 saturated carbocycles. The third kappa shape index (κ3) is 2.15. The van der Waals surface area contributed by atoms with E-state index < -0.39 is 5.97 Å². The Kier molecular flexibility index (Phi) is 2.86. The SMILES string of the molecule is Cc1ccc2c(c1)C(NC(C(=O)O)C1CC1)CC2. The first-order chi connectivity index (χ1) is 8.65. The highest BCUT2D eigenvalue weighted by Crippen LogP contribution is 2.37. The molecule has 0 heterocycles. The van der Waals surface area contributed by atoms with Gasteiger partial charge < -0.3 is 5.11 Å². The molecule has 0 amide bonds. The van der Waals surface area contributed by atoms with Crippen molar-refractivity contribution in [1.82, 2.24) is 5.32 Å². The molecule has 0 aliphatic heterocycles. The summed E-state index contributed by atoms with van der Waals surface area (Å²) in [7, 11) is 0. The third-order valence-electron chi connectivity index (χ3n) is 4.12. The lowest BCUT2D eigenvalue weighted by Gasteiger charge is -2.20. The van der Waals surface area contributed by atoms with Gasteiger partial charge in [-0.05, 0) is 49.7 Å². The molecule has 3 heteroatoms. The second-order valence-electron chi connectivity index (χ2n) is 5.61. The first-order valence-electron chi connectivity index (χ1n) is 6.73. The van der Waals surface area contributed by atoms with Crippen LogP contribution < -0.4 is 5.32 Å². The predicted octanol–water partition coefficient (Wildman–Crippen LogP) is 2.44. The van der Waals surface area contributed by atoms with Crippen LogP contribution in [0.5, 0.6) is 0 Å². The fourth-order valence-electron chi connectivity index (χ4n) is 2.95. The van der Waals surface area contributed by atoms with E-state index >= 15 is 0 Å². The summed E-state index contributed by atoms with van der Waals surface area (Å²) in [6.45, 7) is 2.09. The van der Waals surface area contributed by atoms with Crippen LogP contribution in [0, 0.1) is 12.8 Å². The Morgan fingerprint density at radius 1 is 1.39 bits per heavy atom. The highest BCUT2D eigenvalue weighted by Gasteiger charge is 2.38. The number of rotatable bonds is 4. The van der Waals surface area contributed by atoms with Crippen molar-refractivity contribution in [2.45, 2.75) is 44.7 Å². The number of hydrogen-bond donors (Lipinski definition) is 2. The van der Waals surface area contributed by atoms with E-state index in [9.17, 15) is 9.90 Å². The largest absolute Gasteiger partial charge is 0.480 e. The minimum absolute atomic E-state index is 0.224. The second-order valence-corrected chi connectivity index (χ2v) is 5.61. The van der Waals surface area contributed by atoms with E-state index in [1.54, 1.807) is 0 Å². The van der Waals surface area contributed by atoms with Crippen molar-refractivity contribution in [3.63, 3.8) is 0 Å². The van der Waals surface area contributed by atoms with Crippen molar-refractivity contribution in [2.24, 2.45) is 5.92 Å². The van der Waals surface area contributed by atoms with Crippen molar-refractivity contribution in [3.05, 3.63) is 34.9 Å². The summed E-state index contributed by atoms with van der Waals surface area (Å²) in [4.78, 5) is 11.3. The summed E-state index contributed by atoms with van der Waals surface area (Å²) in [6.07, 6.45) is 4.19. The van der Waals surface area contributed by atoms with Crippen LogP contribution in [0.15, 0.2) is 18.2 Å². The lowest BCUT2D eigenvalue weighted by Crippen LogP contribution is -2.40. The van der Waals surface area contributed by atoms with Gasteiger partial charge >= 0.3 is 5.97 Å². The Hall–Kier alpha value is -1.35.